The number of allylic oxidation sites excluding steroid dienone is 2. The summed E-state index contributed by atoms with van der Waals surface area (Å²) in [6, 6.07) is 5.43. The number of hydrogen-bond donors (Lipinski definition) is 0. The van der Waals surface area contributed by atoms with E-state index in [1.807, 2.05) is 35.8 Å². The number of piperidine rings is 1. The molecule has 0 aromatic carbocycles. The van der Waals surface area contributed by atoms with Gasteiger partial charge in [-0.25, -0.2) is 4.98 Å². The fourth-order valence-electron chi connectivity index (χ4n) is 4.76. The van der Waals surface area contributed by atoms with Crippen LogP contribution in [0.3, 0.4) is 0 Å². The van der Waals surface area contributed by atoms with Gasteiger partial charge in [-0.3, -0.25) is 23.9 Å². The summed E-state index contributed by atoms with van der Waals surface area (Å²) in [6.07, 6.45) is 8.22. The standard InChI is InChI=1S/C28H35N5O4/c1-19(2)14-23(34)15-20(3)27(35)33-11-8-22(17-25(33)29-4)32-12-13-37-24-16-21(18-30-26(24)32)28(36)31-9-6-5-7-10-31/h8,11,14,16-18,20H,5-7,9-10,12-13,15H2,1-4H3/b29-25-. The van der Waals surface area contributed by atoms with Crippen molar-refractivity contribution in [3.63, 3.8) is 0 Å². The zero-order valence-corrected chi connectivity index (χ0v) is 22.1. The predicted molar refractivity (Wildman–Crippen MR) is 141 cm³/mol. The summed E-state index contributed by atoms with van der Waals surface area (Å²) in [5, 5.41) is 0. The van der Waals surface area contributed by atoms with Crippen LogP contribution in [0.15, 0.2) is 47.2 Å². The third-order valence-electron chi connectivity index (χ3n) is 6.63. The topological polar surface area (TPSA) is 97.1 Å². The van der Waals surface area contributed by atoms with Crippen molar-refractivity contribution in [2.24, 2.45) is 10.9 Å². The Balaban J connectivity index is 1.57. The normalized spacial score (nSPS) is 16.5. The number of ketones is 1. The SMILES string of the molecule is C/N=c1/cc(N2CCOc3cc(C(=O)N4CCCCC4)cnc32)ccn1C(=O)C(C)CC(=O)C=C(C)C. The van der Waals surface area contributed by atoms with Gasteiger partial charge in [-0.15, -0.1) is 0 Å². The molecule has 2 aliphatic rings. The van der Waals surface area contributed by atoms with Gasteiger partial charge in [0.1, 0.15) is 12.1 Å². The maximum absolute atomic E-state index is 13.1. The van der Waals surface area contributed by atoms with E-state index < -0.39 is 5.92 Å². The molecule has 0 N–H and O–H groups in total. The molecular weight excluding hydrogens is 470 g/mol. The molecule has 37 heavy (non-hydrogen) atoms. The van der Waals surface area contributed by atoms with Crippen molar-refractivity contribution in [1.29, 1.82) is 0 Å². The molecule has 1 atom stereocenters. The molecule has 196 valence electrons. The van der Waals surface area contributed by atoms with E-state index in [0.717, 1.165) is 43.6 Å². The van der Waals surface area contributed by atoms with Crippen LogP contribution in [-0.4, -0.2) is 65.3 Å². The molecule has 2 aromatic heterocycles. The fraction of sp³-hybridized carbons (Fsp3) is 0.464. The predicted octanol–water partition coefficient (Wildman–Crippen LogP) is 3.77. The first-order valence-electron chi connectivity index (χ1n) is 12.9. The van der Waals surface area contributed by atoms with Crippen molar-refractivity contribution in [1.82, 2.24) is 14.5 Å². The highest BCUT2D eigenvalue weighted by Gasteiger charge is 2.26. The Hall–Kier alpha value is -3.75. The van der Waals surface area contributed by atoms with E-state index in [2.05, 4.69) is 9.98 Å². The Morgan fingerprint density at radius 2 is 1.89 bits per heavy atom. The molecule has 1 amide bonds. The molecule has 0 spiro atoms. The average molecular weight is 506 g/mol. The number of pyridine rings is 2. The first kappa shape index (κ1) is 26.3. The lowest BCUT2D eigenvalue weighted by atomic mass is 10.0. The number of fused-ring (bicyclic) bond motifs is 1. The first-order valence-corrected chi connectivity index (χ1v) is 12.9. The largest absolute Gasteiger partial charge is 0.488 e. The number of nitrogens with zero attached hydrogens (tertiary/aromatic N) is 5. The summed E-state index contributed by atoms with van der Waals surface area (Å²) in [6.45, 7) is 8.02. The summed E-state index contributed by atoms with van der Waals surface area (Å²) in [5.74, 6) is 0.420. The van der Waals surface area contributed by atoms with E-state index in [1.54, 1.807) is 38.5 Å². The van der Waals surface area contributed by atoms with Crippen molar-refractivity contribution in [3.8, 4) is 5.75 Å². The lowest BCUT2D eigenvalue weighted by Crippen LogP contribution is -2.36. The summed E-state index contributed by atoms with van der Waals surface area (Å²) in [7, 11) is 1.63. The van der Waals surface area contributed by atoms with Crippen LogP contribution in [0.1, 0.15) is 61.6 Å². The third kappa shape index (κ3) is 5.98. The Morgan fingerprint density at radius 1 is 1.14 bits per heavy atom. The summed E-state index contributed by atoms with van der Waals surface area (Å²) >= 11 is 0. The highest BCUT2D eigenvalue weighted by Crippen LogP contribution is 2.35. The van der Waals surface area contributed by atoms with Gasteiger partial charge in [0, 0.05) is 56.6 Å². The van der Waals surface area contributed by atoms with Crippen LogP contribution < -0.4 is 15.1 Å². The smallest absolute Gasteiger partial charge is 0.255 e. The maximum atomic E-state index is 13.1. The number of rotatable bonds is 6. The van der Waals surface area contributed by atoms with E-state index in [1.165, 1.54) is 4.57 Å². The van der Waals surface area contributed by atoms with E-state index in [0.29, 0.717) is 35.8 Å². The number of ether oxygens (including phenoxy) is 1. The van der Waals surface area contributed by atoms with Crippen molar-refractivity contribution < 1.29 is 19.1 Å². The average Bonchev–Trinajstić information content (AvgIpc) is 2.91. The Labute approximate surface area is 217 Å². The van der Waals surface area contributed by atoms with Crippen molar-refractivity contribution in [2.45, 2.75) is 46.5 Å². The molecule has 0 radical (unpaired) electrons. The van der Waals surface area contributed by atoms with E-state index in [4.69, 9.17) is 4.74 Å². The van der Waals surface area contributed by atoms with E-state index >= 15 is 0 Å². The number of likely N-dealkylation sites (tertiary alicyclic amines) is 1. The molecular formula is C28H35N5O4. The molecule has 0 saturated carbocycles. The second-order valence-electron chi connectivity index (χ2n) is 9.87. The van der Waals surface area contributed by atoms with Crippen LogP contribution >= 0.6 is 0 Å². The minimum Gasteiger partial charge on any atom is -0.488 e. The zero-order valence-electron chi connectivity index (χ0n) is 22.1. The van der Waals surface area contributed by atoms with Crippen LogP contribution in [-0.2, 0) is 4.79 Å². The molecule has 4 rings (SSSR count). The lowest BCUT2D eigenvalue weighted by molar-refractivity contribution is -0.115. The lowest BCUT2D eigenvalue weighted by Gasteiger charge is -2.31. The van der Waals surface area contributed by atoms with Crippen LogP contribution in [0.25, 0.3) is 0 Å². The Kier molecular flexibility index (Phi) is 8.21. The number of aromatic nitrogens is 2. The van der Waals surface area contributed by atoms with Crippen LogP contribution in [0, 0.1) is 5.92 Å². The van der Waals surface area contributed by atoms with Crippen molar-refractivity contribution >= 4 is 29.1 Å². The number of carbonyl (C=O) groups excluding carboxylic acids is 3. The maximum Gasteiger partial charge on any atom is 0.255 e. The molecule has 2 aromatic rings. The second kappa shape index (κ2) is 11.5. The van der Waals surface area contributed by atoms with E-state index in [-0.39, 0.29) is 24.0 Å². The first-order chi connectivity index (χ1) is 17.8. The summed E-state index contributed by atoms with van der Waals surface area (Å²) < 4.78 is 7.36. The molecule has 1 unspecified atom stereocenters. The van der Waals surface area contributed by atoms with Crippen LogP contribution in [0.5, 0.6) is 5.75 Å². The second-order valence-corrected chi connectivity index (χ2v) is 9.87. The van der Waals surface area contributed by atoms with Gasteiger partial charge >= 0.3 is 0 Å². The number of carbonyl (C=O) groups is 3. The van der Waals surface area contributed by atoms with Crippen molar-refractivity contribution in [2.75, 3.05) is 38.2 Å². The Morgan fingerprint density at radius 3 is 2.59 bits per heavy atom. The van der Waals surface area contributed by atoms with Crippen LogP contribution in [0.4, 0.5) is 11.5 Å². The van der Waals surface area contributed by atoms with E-state index in [9.17, 15) is 14.4 Å². The quantitative estimate of drug-likeness (QED) is 0.555. The molecule has 9 heteroatoms. The van der Waals surface area contributed by atoms with Crippen molar-refractivity contribution in [3.05, 3.63) is 53.3 Å². The van der Waals surface area contributed by atoms with Gasteiger partial charge in [0.2, 0.25) is 5.91 Å². The molecule has 2 aliphatic heterocycles. The minimum absolute atomic E-state index is 0.0146. The third-order valence-corrected chi connectivity index (χ3v) is 6.63. The van der Waals surface area contributed by atoms with Gasteiger partial charge in [0.25, 0.3) is 5.91 Å². The molecule has 0 aliphatic carbocycles. The monoisotopic (exact) mass is 505 g/mol. The van der Waals surface area contributed by atoms with Gasteiger partial charge in [0.15, 0.2) is 17.4 Å². The molecule has 4 heterocycles. The number of hydrogen-bond acceptors (Lipinski definition) is 7. The number of anilines is 2. The number of amides is 1. The molecule has 1 saturated heterocycles. The Bertz CT molecular complexity index is 1290. The van der Waals surface area contributed by atoms with Gasteiger partial charge < -0.3 is 14.5 Å². The van der Waals surface area contributed by atoms with Gasteiger partial charge in [0.05, 0.1) is 12.1 Å². The summed E-state index contributed by atoms with van der Waals surface area (Å²) in [5.41, 5.74) is 2.73. The minimum atomic E-state index is -0.485. The molecule has 1 fully saturated rings. The van der Waals surface area contributed by atoms with Gasteiger partial charge in [-0.05, 0) is 51.3 Å². The highest BCUT2D eigenvalue weighted by atomic mass is 16.5. The zero-order chi connectivity index (χ0) is 26.5. The fourth-order valence-corrected chi connectivity index (χ4v) is 4.76. The van der Waals surface area contributed by atoms with Crippen LogP contribution in [0.2, 0.25) is 0 Å². The molecule has 9 nitrogen and oxygen atoms in total. The highest BCUT2D eigenvalue weighted by molar-refractivity contribution is 5.95. The van der Waals surface area contributed by atoms with Gasteiger partial charge in [-0.1, -0.05) is 12.5 Å². The van der Waals surface area contributed by atoms with Gasteiger partial charge in [-0.2, -0.15) is 0 Å². The molecule has 0 bridgehead atoms. The summed E-state index contributed by atoms with van der Waals surface area (Å²) in [4.78, 5) is 51.0.